The van der Waals surface area contributed by atoms with Gasteiger partial charge in [0.15, 0.2) is 0 Å². The van der Waals surface area contributed by atoms with Gasteiger partial charge in [0.2, 0.25) is 12.3 Å². The van der Waals surface area contributed by atoms with Crippen molar-refractivity contribution < 1.29 is 14.5 Å². The normalized spacial score (nSPS) is 9.25. The first-order valence-electron chi connectivity index (χ1n) is 5.75. The van der Waals surface area contributed by atoms with Crippen molar-refractivity contribution in [2.75, 3.05) is 21.1 Å². The molecule has 0 atom stereocenters. The summed E-state index contributed by atoms with van der Waals surface area (Å²) in [5.74, 6) is -0.240. The Bertz CT molecular complexity index is 495. The molecule has 9 nitrogen and oxygen atoms in total. The SMILES string of the molecule is CN(C)C=O.CNC(=O)Cn1nc(C)c([N+](=O)[O-])c1C. The summed E-state index contributed by atoms with van der Waals surface area (Å²) < 4.78 is 1.33. The predicted molar refractivity (Wildman–Crippen MR) is 72.2 cm³/mol. The van der Waals surface area contributed by atoms with Gasteiger partial charge in [0.25, 0.3) is 0 Å². The molecule has 0 aliphatic carbocycles. The van der Waals surface area contributed by atoms with Crippen LogP contribution in [0.1, 0.15) is 11.4 Å². The molecule has 0 aliphatic heterocycles. The summed E-state index contributed by atoms with van der Waals surface area (Å²) in [4.78, 5) is 32.1. The molecule has 0 aromatic carbocycles. The third-order valence-electron chi connectivity index (χ3n) is 2.31. The Labute approximate surface area is 116 Å². The summed E-state index contributed by atoms with van der Waals surface area (Å²) in [6, 6.07) is 0. The smallest absolute Gasteiger partial charge is 0.312 e. The van der Waals surface area contributed by atoms with E-state index >= 15 is 0 Å². The number of hydrogen-bond acceptors (Lipinski definition) is 5. The van der Waals surface area contributed by atoms with E-state index in [2.05, 4.69) is 10.4 Å². The summed E-state index contributed by atoms with van der Waals surface area (Å²) in [5, 5.41) is 17.0. The minimum Gasteiger partial charge on any atom is -0.358 e. The van der Waals surface area contributed by atoms with Crippen LogP contribution in [0, 0.1) is 24.0 Å². The fraction of sp³-hybridized carbons (Fsp3) is 0.545. The first-order valence-corrected chi connectivity index (χ1v) is 5.75. The lowest BCUT2D eigenvalue weighted by Gasteiger charge is -2.01. The maximum Gasteiger partial charge on any atom is 0.312 e. The zero-order valence-corrected chi connectivity index (χ0v) is 12.2. The topological polar surface area (TPSA) is 110 Å². The highest BCUT2D eigenvalue weighted by Crippen LogP contribution is 2.21. The molecule has 20 heavy (non-hydrogen) atoms. The zero-order valence-electron chi connectivity index (χ0n) is 12.2. The summed E-state index contributed by atoms with van der Waals surface area (Å²) in [6.07, 6.45) is 0.750. The minimum absolute atomic E-state index is 0.00296. The van der Waals surface area contributed by atoms with E-state index in [1.54, 1.807) is 27.9 Å². The molecule has 1 rings (SSSR count). The van der Waals surface area contributed by atoms with Crippen LogP contribution in [-0.2, 0) is 16.1 Å². The molecule has 0 radical (unpaired) electrons. The maximum atomic E-state index is 11.1. The number of amides is 2. The molecule has 0 fully saturated rings. The lowest BCUT2D eigenvalue weighted by molar-refractivity contribution is -0.386. The number of nitrogens with zero attached hydrogens (tertiary/aromatic N) is 4. The average molecular weight is 285 g/mol. The molecule has 1 N–H and O–H groups in total. The third-order valence-corrected chi connectivity index (χ3v) is 2.31. The molecule has 1 aromatic rings. The van der Waals surface area contributed by atoms with Crippen LogP contribution in [0.5, 0.6) is 0 Å². The fourth-order valence-corrected chi connectivity index (χ4v) is 1.32. The number of nitrogens with one attached hydrogen (secondary N) is 1. The lowest BCUT2D eigenvalue weighted by atomic mass is 10.3. The van der Waals surface area contributed by atoms with E-state index in [0.717, 1.165) is 6.41 Å². The Morgan fingerprint density at radius 2 is 2.00 bits per heavy atom. The van der Waals surface area contributed by atoms with Gasteiger partial charge in [0.1, 0.15) is 17.9 Å². The lowest BCUT2D eigenvalue weighted by Crippen LogP contribution is -2.24. The molecule has 0 saturated heterocycles. The Kier molecular flexibility index (Phi) is 6.91. The van der Waals surface area contributed by atoms with E-state index < -0.39 is 4.92 Å². The highest BCUT2D eigenvalue weighted by atomic mass is 16.6. The first kappa shape index (κ1) is 17.6. The van der Waals surface area contributed by atoms with Crippen LogP contribution in [-0.4, -0.2) is 53.1 Å². The van der Waals surface area contributed by atoms with Crippen molar-refractivity contribution in [3.05, 3.63) is 21.5 Å². The van der Waals surface area contributed by atoms with Gasteiger partial charge in [-0.1, -0.05) is 0 Å². The largest absolute Gasteiger partial charge is 0.358 e. The molecule has 0 aliphatic rings. The molecule has 1 heterocycles. The van der Waals surface area contributed by atoms with Crippen LogP contribution < -0.4 is 5.32 Å². The number of hydrogen-bond donors (Lipinski definition) is 1. The van der Waals surface area contributed by atoms with Crippen LogP contribution in [0.3, 0.4) is 0 Å². The van der Waals surface area contributed by atoms with E-state index in [-0.39, 0.29) is 18.1 Å². The van der Waals surface area contributed by atoms with Gasteiger partial charge in [-0.3, -0.25) is 24.4 Å². The maximum absolute atomic E-state index is 11.1. The predicted octanol–water partition coefficient (Wildman–Crippen LogP) is -0.141. The monoisotopic (exact) mass is 285 g/mol. The summed E-state index contributed by atoms with van der Waals surface area (Å²) in [7, 11) is 4.88. The molecule has 2 amide bonds. The van der Waals surface area contributed by atoms with Gasteiger partial charge in [-0.15, -0.1) is 0 Å². The Balaban J connectivity index is 0.000000621. The van der Waals surface area contributed by atoms with Gasteiger partial charge in [-0.25, -0.2) is 0 Å². The molecular formula is C11H19N5O4. The Morgan fingerprint density at radius 3 is 2.30 bits per heavy atom. The highest BCUT2D eigenvalue weighted by Gasteiger charge is 2.22. The third kappa shape index (κ3) is 5.04. The minimum atomic E-state index is -0.488. The summed E-state index contributed by atoms with van der Waals surface area (Å²) in [6.45, 7) is 3.11. The standard InChI is InChI=1S/C8H12N4O3.C3H7NO/c1-5-8(12(14)15)6(2)11(10-5)4-7(13)9-3;1-4(2)3-5/h4H2,1-3H3,(H,9,13);3H,1-2H3. The molecule has 0 spiro atoms. The van der Waals surface area contributed by atoms with Crippen LogP contribution in [0.2, 0.25) is 0 Å². The van der Waals surface area contributed by atoms with Crippen molar-refractivity contribution in [2.24, 2.45) is 0 Å². The quantitative estimate of drug-likeness (QED) is 0.470. The van der Waals surface area contributed by atoms with Crippen molar-refractivity contribution in [1.29, 1.82) is 0 Å². The molecule has 1 aromatic heterocycles. The van der Waals surface area contributed by atoms with Gasteiger partial charge >= 0.3 is 5.69 Å². The molecule has 0 unspecified atom stereocenters. The van der Waals surface area contributed by atoms with Gasteiger partial charge in [0, 0.05) is 21.1 Å². The van der Waals surface area contributed by atoms with Crippen LogP contribution in [0.4, 0.5) is 5.69 Å². The molecular weight excluding hydrogens is 266 g/mol. The van der Waals surface area contributed by atoms with E-state index in [1.165, 1.54) is 16.6 Å². The van der Waals surface area contributed by atoms with E-state index in [1.807, 2.05) is 0 Å². The molecule has 0 saturated carbocycles. The van der Waals surface area contributed by atoms with E-state index in [0.29, 0.717) is 11.4 Å². The second-order valence-electron chi connectivity index (χ2n) is 4.18. The number of carbonyl (C=O) groups excluding carboxylic acids is 2. The summed E-state index contributed by atoms with van der Waals surface area (Å²) >= 11 is 0. The van der Waals surface area contributed by atoms with Crippen molar-refractivity contribution >= 4 is 18.0 Å². The van der Waals surface area contributed by atoms with Crippen LogP contribution >= 0.6 is 0 Å². The van der Waals surface area contributed by atoms with E-state index in [4.69, 9.17) is 0 Å². The zero-order chi connectivity index (χ0) is 15.9. The molecule has 112 valence electrons. The van der Waals surface area contributed by atoms with Crippen molar-refractivity contribution in [3.63, 3.8) is 0 Å². The number of aryl methyl sites for hydroxylation is 1. The van der Waals surface area contributed by atoms with Crippen molar-refractivity contribution in [2.45, 2.75) is 20.4 Å². The summed E-state index contributed by atoms with van der Waals surface area (Å²) in [5.41, 5.74) is 0.682. The second kappa shape index (κ2) is 7.87. The molecule has 9 heteroatoms. The number of nitro groups is 1. The fourth-order valence-electron chi connectivity index (χ4n) is 1.32. The Morgan fingerprint density at radius 1 is 1.50 bits per heavy atom. The van der Waals surface area contributed by atoms with Crippen molar-refractivity contribution in [3.8, 4) is 0 Å². The molecule has 0 bridgehead atoms. The van der Waals surface area contributed by atoms with Gasteiger partial charge in [-0.05, 0) is 13.8 Å². The number of rotatable bonds is 4. The van der Waals surface area contributed by atoms with Crippen LogP contribution in [0.15, 0.2) is 0 Å². The Hall–Kier alpha value is -2.45. The van der Waals surface area contributed by atoms with E-state index in [9.17, 15) is 19.7 Å². The number of carbonyl (C=O) groups is 2. The van der Waals surface area contributed by atoms with Crippen molar-refractivity contribution in [1.82, 2.24) is 20.0 Å². The second-order valence-corrected chi connectivity index (χ2v) is 4.18. The van der Waals surface area contributed by atoms with Gasteiger partial charge in [-0.2, -0.15) is 5.10 Å². The number of likely N-dealkylation sites (N-methyl/N-ethyl adjacent to an activating group) is 1. The highest BCUT2D eigenvalue weighted by molar-refractivity contribution is 5.75. The van der Waals surface area contributed by atoms with Gasteiger partial charge < -0.3 is 10.2 Å². The first-order chi connectivity index (χ1) is 9.24. The average Bonchev–Trinajstić information content (AvgIpc) is 2.64. The van der Waals surface area contributed by atoms with Crippen LogP contribution in [0.25, 0.3) is 0 Å². The van der Waals surface area contributed by atoms with Gasteiger partial charge in [0.05, 0.1) is 4.92 Å². The number of aromatic nitrogens is 2.